The van der Waals surface area contributed by atoms with Gasteiger partial charge in [0.15, 0.2) is 0 Å². The van der Waals surface area contributed by atoms with Crippen LogP contribution in [0.5, 0.6) is 0 Å². The predicted octanol–water partition coefficient (Wildman–Crippen LogP) is 3.90. The van der Waals surface area contributed by atoms with Crippen LogP contribution >= 0.6 is 0 Å². The first-order valence-electron chi connectivity index (χ1n) is 8.33. The van der Waals surface area contributed by atoms with Crippen LogP contribution in [-0.2, 0) is 14.3 Å². The molecule has 0 amide bonds. The van der Waals surface area contributed by atoms with E-state index >= 15 is 0 Å². The summed E-state index contributed by atoms with van der Waals surface area (Å²) in [5.74, 6) is -0.324. The summed E-state index contributed by atoms with van der Waals surface area (Å²) in [7, 11) is 0. The summed E-state index contributed by atoms with van der Waals surface area (Å²) in [6, 6.07) is 0. The summed E-state index contributed by atoms with van der Waals surface area (Å²) in [5, 5.41) is 9.15. The number of ether oxygens (including phenoxy) is 2. The third-order valence-corrected chi connectivity index (χ3v) is 5.32. The molecule has 4 nitrogen and oxygen atoms in total. The normalized spacial score (nSPS) is 29.3. The second kappa shape index (κ2) is 6.54. The van der Waals surface area contributed by atoms with E-state index in [-0.39, 0.29) is 31.7 Å². The van der Waals surface area contributed by atoms with Crippen LogP contribution in [0.25, 0.3) is 0 Å². The molecule has 0 bridgehead atoms. The Morgan fingerprint density at radius 3 is 1.85 bits per heavy atom. The Hall–Kier alpha value is -1.03. The second-order valence-corrected chi connectivity index (χ2v) is 7.76. The monoisotopic (exact) mass is 392 g/mol. The molecule has 0 saturated heterocycles. The molecule has 0 spiro atoms. The van der Waals surface area contributed by atoms with E-state index in [9.17, 15) is 31.1 Å². The molecule has 152 valence electrons. The number of aliphatic hydroxyl groups is 1. The Bertz CT molecular complexity index is 516. The molecular weight excluding hydrogens is 370 g/mol. The fourth-order valence-corrected chi connectivity index (χ4v) is 2.75. The Balaban J connectivity index is 1.91. The van der Waals surface area contributed by atoms with Gasteiger partial charge in [-0.25, -0.2) is 0 Å². The minimum Gasteiger partial charge on any atom is -0.462 e. The zero-order valence-corrected chi connectivity index (χ0v) is 14.5. The molecule has 2 fully saturated rings. The van der Waals surface area contributed by atoms with Crippen LogP contribution in [0.3, 0.4) is 0 Å². The van der Waals surface area contributed by atoms with Gasteiger partial charge in [-0.2, -0.15) is 26.3 Å². The Kier molecular flexibility index (Phi) is 5.35. The first kappa shape index (κ1) is 21.3. The van der Waals surface area contributed by atoms with Gasteiger partial charge in [-0.1, -0.05) is 0 Å². The van der Waals surface area contributed by atoms with Crippen LogP contribution in [0.15, 0.2) is 0 Å². The number of carbonyl (C=O) groups excluding carboxylic acids is 1. The summed E-state index contributed by atoms with van der Waals surface area (Å²) < 4.78 is 86.4. The van der Waals surface area contributed by atoms with E-state index in [4.69, 9.17) is 14.6 Å². The molecule has 0 aromatic heterocycles. The molecule has 0 unspecified atom stereocenters. The lowest BCUT2D eigenvalue weighted by atomic mass is 9.84. The second-order valence-electron chi connectivity index (χ2n) is 7.76. The van der Waals surface area contributed by atoms with Gasteiger partial charge in [-0.05, 0) is 52.4 Å². The summed E-state index contributed by atoms with van der Waals surface area (Å²) in [4.78, 5) is 11.9. The maximum Gasteiger partial charge on any atom is 0.428 e. The SMILES string of the molecule is CC1(OCC(O)(C(F)(F)F)C(F)(F)F)CCC(OC(=O)C2(C)CC2)CC1. The van der Waals surface area contributed by atoms with Crippen molar-refractivity contribution in [3.05, 3.63) is 0 Å². The van der Waals surface area contributed by atoms with E-state index in [0.717, 1.165) is 12.8 Å². The van der Waals surface area contributed by atoms with Gasteiger partial charge in [0.2, 0.25) is 0 Å². The highest BCUT2D eigenvalue weighted by molar-refractivity contribution is 5.79. The van der Waals surface area contributed by atoms with Gasteiger partial charge in [0.1, 0.15) is 6.10 Å². The topological polar surface area (TPSA) is 55.8 Å². The van der Waals surface area contributed by atoms with Crippen LogP contribution in [0.1, 0.15) is 52.4 Å². The molecule has 0 atom stereocenters. The number of alkyl halides is 6. The minimum absolute atomic E-state index is 0.119. The van der Waals surface area contributed by atoms with Gasteiger partial charge >= 0.3 is 18.3 Å². The largest absolute Gasteiger partial charge is 0.462 e. The van der Waals surface area contributed by atoms with Crippen LogP contribution < -0.4 is 0 Å². The number of halogens is 6. The Morgan fingerprint density at radius 2 is 1.46 bits per heavy atom. The van der Waals surface area contributed by atoms with E-state index in [1.165, 1.54) is 6.92 Å². The zero-order valence-electron chi connectivity index (χ0n) is 14.5. The molecule has 0 heterocycles. The molecule has 0 aromatic carbocycles. The van der Waals surface area contributed by atoms with Crippen molar-refractivity contribution in [1.29, 1.82) is 0 Å². The van der Waals surface area contributed by atoms with Crippen LogP contribution in [0.2, 0.25) is 0 Å². The first-order chi connectivity index (χ1) is 11.6. The van der Waals surface area contributed by atoms with E-state index in [1.807, 2.05) is 0 Å². The number of hydrogen-bond acceptors (Lipinski definition) is 4. The molecule has 2 aliphatic carbocycles. The summed E-state index contributed by atoms with van der Waals surface area (Å²) in [6.07, 6.45) is -9.98. The number of esters is 1. The predicted molar refractivity (Wildman–Crippen MR) is 77.1 cm³/mol. The van der Waals surface area contributed by atoms with E-state index in [0.29, 0.717) is 0 Å². The molecule has 2 aliphatic rings. The lowest BCUT2D eigenvalue weighted by Gasteiger charge is -2.40. The maximum atomic E-state index is 12.7. The van der Waals surface area contributed by atoms with Crippen molar-refractivity contribution in [3.63, 3.8) is 0 Å². The van der Waals surface area contributed by atoms with Gasteiger partial charge in [0.25, 0.3) is 5.60 Å². The Labute approximate surface area is 146 Å². The lowest BCUT2D eigenvalue weighted by Crippen LogP contribution is -2.61. The smallest absolute Gasteiger partial charge is 0.428 e. The van der Waals surface area contributed by atoms with Crippen LogP contribution in [0.4, 0.5) is 26.3 Å². The molecule has 0 aliphatic heterocycles. The molecule has 1 N–H and O–H groups in total. The highest BCUT2D eigenvalue weighted by atomic mass is 19.4. The van der Waals surface area contributed by atoms with E-state index < -0.39 is 41.7 Å². The quantitative estimate of drug-likeness (QED) is 0.570. The minimum atomic E-state index is -5.91. The van der Waals surface area contributed by atoms with Crippen LogP contribution in [0, 0.1) is 5.41 Å². The molecule has 2 saturated carbocycles. The highest BCUT2D eigenvalue weighted by Gasteiger charge is 2.71. The van der Waals surface area contributed by atoms with Gasteiger partial charge in [-0.3, -0.25) is 4.79 Å². The highest BCUT2D eigenvalue weighted by Crippen LogP contribution is 2.47. The van der Waals surface area contributed by atoms with Crippen molar-refractivity contribution in [1.82, 2.24) is 0 Å². The number of rotatable bonds is 5. The molecule has 26 heavy (non-hydrogen) atoms. The average Bonchev–Trinajstić information content (AvgIpc) is 3.24. The summed E-state index contributed by atoms with van der Waals surface area (Å²) in [6.45, 7) is 1.24. The van der Waals surface area contributed by atoms with Crippen molar-refractivity contribution < 1.29 is 45.7 Å². The molecule has 2 rings (SSSR count). The molecule has 10 heteroatoms. The van der Waals surface area contributed by atoms with Gasteiger partial charge in [-0.15, -0.1) is 0 Å². The summed E-state index contributed by atoms with van der Waals surface area (Å²) >= 11 is 0. The fraction of sp³-hybridized carbons (Fsp3) is 0.938. The standard InChI is InChI=1S/C16H22F6O4/c1-12(7-8-12)11(23)26-10-3-5-13(2,6-4-10)25-9-14(24,15(17,18)19)16(20,21)22/h10,24H,3-9H2,1-2H3. The third-order valence-electron chi connectivity index (χ3n) is 5.32. The van der Waals surface area contributed by atoms with Gasteiger partial charge in [0, 0.05) is 0 Å². The maximum absolute atomic E-state index is 12.7. The van der Waals surface area contributed by atoms with Crippen molar-refractivity contribution in [2.45, 2.75) is 82.0 Å². The lowest BCUT2D eigenvalue weighted by molar-refractivity contribution is -0.383. The third kappa shape index (κ3) is 4.27. The van der Waals surface area contributed by atoms with Gasteiger partial charge in [0.05, 0.1) is 17.6 Å². The average molecular weight is 392 g/mol. The fourth-order valence-electron chi connectivity index (χ4n) is 2.75. The van der Waals surface area contributed by atoms with Crippen molar-refractivity contribution >= 4 is 5.97 Å². The van der Waals surface area contributed by atoms with Crippen LogP contribution in [-0.4, -0.2) is 47.3 Å². The molecule has 0 aromatic rings. The van der Waals surface area contributed by atoms with Gasteiger partial charge < -0.3 is 14.6 Å². The number of carbonyl (C=O) groups is 1. The Morgan fingerprint density at radius 1 is 1.00 bits per heavy atom. The molecule has 0 radical (unpaired) electrons. The molecular formula is C16H22F6O4. The van der Waals surface area contributed by atoms with Crippen molar-refractivity contribution in [2.75, 3.05) is 6.61 Å². The zero-order chi connectivity index (χ0) is 20.0. The van der Waals surface area contributed by atoms with E-state index in [1.54, 1.807) is 6.92 Å². The first-order valence-corrected chi connectivity index (χ1v) is 8.33. The van der Waals surface area contributed by atoms with E-state index in [2.05, 4.69) is 0 Å². The van der Waals surface area contributed by atoms with Crippen molar-refractivity contribution in [3.8, 4) is 0 Å². The van der Waals surface area contributed by atoms with Crippen molar-refractivity contribution in [2.24, 2.45) is 5.41 Å². The number of hydrogen-bond donors (Lipinski definition) is 1. The summed E-state index contributed by atoms with van der Waals surface area (Å²) in [5.41, 5.74) is -6.66.